The Morgan fingerprint density at radius 1 is 1.30 bits per heavy atom. The fourth-order valence-electron chi connectivity index (χ4n) is 2.95. The van der Waals surface area contributed by atoms with Crippen molar-refractivity contribution in [3.05, 3.63) is 58.6 Å². The molecule has 2 aromatic carbocycles. The molecule has 0 fully saturated rings. The van der Waals surface area contributed by atoms with Gasteiger partial charge in [-0.3, -0.25) is 9.79 Å². The zero-order valence-electron chi connectivity index (χ0n) is 15.2. The number of amides is 1. The molecule has 2 aromatic rings. The molecule has 0 spiro atoms. The lowest BCUT2D eigenvalue weighted by Crippen LogP contribution is -2.37. The van der Waals surface area contributed by atoms with E-state index in [-0.39, 0.29) is 18.4 Å². The minimum absolute atomic E-state index is 0.0571. The summed E-state index contributed by atoms with van der Waals surface area (Å²) in [5, 5.41) is 6.68. The number of nitrogens with two attached hydrogens (primary N) is 1. The van der Waals surface area contributed by atoms with Crippen molar-refractivity contribution in [2.24, 2.45) is 10.7 Å². The van der Waals surface area contributed by atoms with E-state index < -0.39 is 0 Å². The molecule has 0 saturated carbocycles. The van der Waals surface area contributed by atoms with Crippen LogP contribution in [0, 0.1) is 6.92 Å². The number of para-hydroxylation sites is 1. The Bertz CT molecular complexity index is 854. The topological polar surface area (TPSA) is 88.7 Å². The number of fused-ring (bicyclic) bond motifs is 1. The fraction of sp³-hybridized carbons (Fsp3) is 0.300. The van der Waals surface area contributed by atoms with E-state index in [1.807, 2.05) is 37.3 Å². The first-order valence-electron chi connectivity index (χ1n) is 8.87. The van der Waals surface area contributed by atoms with Crippen LogP contribution in [0.5, 0.6) is 5.75 Å². The second-order valence-corrected chi connectivity index (χ2v) is 6.76. The molecule has 1 amide bonds. The van der Waals surface area contributed by atoms with Gasteiger partial charge in [-0.25, -0.2) is 0 Å². The number of ether oxygens (including phenoxy) is 1. The summed E-state index contributed by atoms with van der Waals surface area (Å²) < 4.78 is 5.64. The highest BCUT2D eigenvalue weighted by molar-refractivity contribution is 6.31. The molecule has 4 N–H and O–H groups in total. The van der Waals surface area contributed by atoms with E-state index in [0.717, 1.165) is 23.3 Å². The van der Waals surface area contributed by atoms with Crippen LogP contribution >= 0.6 is 11.6 Å². The number of rotatable bonds is 5. The molecule has 1 unspecified atom stereocenters. The van der Waals surface area contributed by atoms with Gasteiger partial charge in [0.2, 0.25) is 5.91 Å². The van der Waals surface area contributed by atoms with Gasteiger partial charge < -0.3 is 21.1 Å². The van der Waals surface area contributed by atoms with Gasteiger partial charge in [-0.1, -0.05) is 35.9 Å². The molecule has 1 aliphatic rings. The minimum Gasteiger partial charge on any atom is -0.493 e. The average Bonchev–Trinajstić information content (AvgIpc) is 2.66. The number of benzene rings is 2. The van der Waals surface area contributed by atoms with Crippen molar-refractivity contribution in [2.75, 3.05) is 18.5 Å². The van der Waals surface area contributed by atoms with Gasteiger partial charge in [0.15, 0.2) is 5.96 Å². The Hall–Kier alpha value is -2.73. The summed E-state index contributed by atoms with van der Waals surface area (Å²) in [7, 11) is 0. The average molecular weight is 387 g/mol. The molecule has 0 aliphatic carbocycles. The van der Waals surface area contributed by atoms with Crippen molar-refractivity contribution in [3.63, 3.8) is 0 Å². The van der Waals surface area contributed by atoms with E-state index in [4.69, 9.17) is 22.1 Å². The van der Waals surface area contributed by atoms with Crippen LogP contribution in [0.25, 0.3) is 0 Å². The first-order chi connectivity index (χ1) is 13.0. The van der Waals surface area contributed by atoms with Crippen molar-refractivity contribution in [1.82, 2.24) is 5.32 Å². The molecule has 1 aliphatic heterocycles. The second kappa shape index (κ2) is 8.77. The molecule has 0 saturated heterocycles. The lowest BCUT2D eigenvalue weighted by atomic mass is 10.0. The Morgan fingerprint density at radius 2 is 2.11 bits per heavy atom. The van der Waals surface area contributed by atoms with Crippen LogP contribution < -0.4 is 21.1 Å². The zero-order valence-corrected chi connectivity index (χ0v) is 15.9. The smallest absolute Gasteiger partial charge is 0.226 e. The standard InChI is InChI=1S/C20H23ClN4O2/c1-13-15(21)6-4-7-16(13)24-19(26)9-11-23-20(22)25-17-10-12-27-18-8-3-2-5-14(17)18/h2-8,17H,9-12H2,1H3,(H,24,26)(H3,22,23,25). The maximum atomic E-state index is 12.1. The highest BCUT2D eigenvalue weighted by Gasteiger charge is 2.21. The van der Waals surface area contributed by atoms with Gasteiger partial charge in [0.25, 0.3) is 0 Å². The van der Waals surface area contributed by atoms with Gasteiger partial charge in [0, 0.05) is 29.1 Å². The summed E-state index contributed by atoms with van der Waals surface area (Å²) in [4.78, 5) is 16.4. The van der Waals surface area contributed by atoms with E-state index in [2.05, 4.69) is 15.6 Å². The first-order valence-corrected chi connectivity index (χ1v) is 9.25. The van der Waals surface area contributed by atoms with E-state index in [9.17, 15) is 4.79 Å². The lowest BCUT2D eigenvalue weighted by Gasteiger charge is -2.26. The second-order valence-electron chi connectivity index (χ2n) is 6.35. The fourth-order valence-corrected chi connectivity index (χ4v) is 3.12. The molecule has 0 aromatic heterocycles. The van der Waals surface area contributed by atoms with Crippen LogP contribution in [0.15, 0.2) is 47.5 Å². The number of guanidine groups is 1. The summed E-state index contributed by atoms with van der Waals surface area (Å²) in [5.74, 6) is 1.06. The summed E-state index contributed by atoms with van der Waals surface area (Å²) in [6, 6.07) is 13.3. The van der Waals surface area contributed by atoms with Gasteiger partial charge >= 0.3 is 0 Å². The van der Waals surface area contributed by atoms with Crippen LogP contribution in [0.1, 0.15) is 30.0 Å². The molecule has 6 nitrogen and oxygen atoms in total. The van der Waals surface area contributed by atoms with Crippen LogP contribution in [-0.4, -0.2) is 25.0 Å². The van der Waals surface area contributed by atoms with Crippen molar-refractivity contribution in [1.29, 1.82) is 0 Å². The largest absolute Gasteiger partial charge is 0.493 e. The van der Waals surface area contributed by atoms with Crippen molar-refractivity contribution >= 4 is 29.2 Å². The molecule has 142 valence electrons. The maximum absolute atomic E-state index is 12.1. The zero-order chi connectivity index (χ0) is 19.2. The summed E-state index contributed by atoms with van der Waals surface area (Å²) in [6.07, 6.45) is 1.04. The first kappa shape index (κ1) is 19.0. The Kier molecular flexibility index (Phi) is 6.19. The number of hydrogen-bond acceptors (Lipinski definition) is 3. The third kappa shape index (κ3) is 4.92. The van der Waals surface area contributed by atoms with E-state index in [0.29, 0.717) is 29.8 Å². The minimum atomic E-state index is -0.131. The molecule has 0 radical (unpaired) electrons. The highest BCUT2D eigenvalue weighted by Crippen LogP contribution is 2.31. The lowest BCUT2D eigenvalue weighted by molar-refractivity contribution is -0.116. The van der Waals surface area contributed by atoms with Gasteiger partial charge in [0.1, 0.15) is 5.75 Å². The monoisotopic (exact) mass is 386 g/mol. The van der Waals surface area contributed by atoms with E-state index in [1.165, 1.54) is 0 Å². The Labute approximate surface area is 163 Å². The molecular weight excluding hydrogens is 364 g/mol. The van der Waals surface area contributed by atoms with Crippen molar-refractivity contribution < 1.29 is 9.53 Å². The Balaban J connectivity index is 1.51. The maximum Gasteiger partial charge on any atom is 0.226 e. The van der Waals surface area contributed by atoms with Crippen molar-refractivity contribution in [3.8, 4) is 5.75 Å². The summed E-state index contributed by atoms with van der Waals surface area (Å²) in [6.45, 7) is 2.79. The van der Waals surface area contributed by atoms with Gasteiger partial charge in [0.05, 0.1) is 19.2 Å². The van der Waals surface area contributed by atoms with Crippen LogP contribution in [0.2, 0.25) is 5.02 Å². The number of anilines is 1. The van der Waals surface area contributed by atoms with Crippen LogP contribution in [0.3, 0.4) is 0 Å². The molecule has 1 atom stereocenters. The van der Waals surface area contributed by atoms with Crippen molar-refractivity contribution in [2.45, 2.75) is 25.8 Å². The van der Waals surface area contributed by atoms with Crippen LogP contribution in [-0.2, 0) is 4.79 Å². The number of halogens is 1. The highest BCUT2D eigenvalue weighted by atomic mass is 35.5. The third-order valence-corrected chi connectivity index (χ3v) is 4.85. The van der Waals surface area contributed by atoms with Gasteiger partial charge in [-0.2, -0.15) is 0 Å². The number of nitrogens with one attached hydrogen (secondary N) is 2. The number of hydrogen-bond donors (Lipinski definition) is 3. The summed E-state index contributed by atoms with van der Waals surface area (Å²) >= 11 is 6.06. The molecule has 0 bridgehead atoms. The van der Waals surface area contributed by atoms with E-state index in [1.54, 1.807) is 12.1 Å². The molecule has 27 heavy (non-hydrogen) atoms. The predicted molar refractivity (Wildman–Crippen MR) is 108 cm³/mol. The molecule has 1 heterocycles. The summed E-state index contributed by atoms with van der Waals surface area (Å²) in [5.41, 5.74) is 8.61. The number of carbonyl (C=O) groups excluding carboxylic acids is 1. The molecular formula is C20H23ClN4O2. The van der Waals surface area contributed by atoms with E-state index >= 15 is 0 Å². The predicted octanol–water partition coefficient (Wildman–Crippen LogP) is 3.41. The number of nitrogens with zero attached hydrogens (tertiary/aromatic N) is 1. The normalized spacial score (nSPS) is 16.2. The van der Waals surface area contributed by atoms with Crippen LogP contribution in [0.4, 0.5) is 5.69 Å². The third-order valence-electron chi connectivity index (χ3n) is 4.44. The SMILES string of the molecule is Cc1c(Cl)cccc1NC(=O)CCN=C(N)NC1CCOc2ccccc21. The Morgan fingerprint density at radius 3 is 2.96 bits per heavy atom. The van der Waals surface area contributed by atoms with Gasteiger partial charge in [-0.15, -0.1) is 0 Å². The quantitative estimate of drug-likeness (QED) is 0.542. The number of aliphatic imine (C=N–C) groups is 1. The van der Waals surface area contributed by atoms with Gasteiger partial charge in [-0.05, 0) is 30.7 Å². The molecule has 3 rings (SSSR count). The molecule has 7 heteroatoms. The number of carbonyl (C=O) groups is 1.